The van der Waals surface area contributed by atoms with Crippen LogP contribution in [0.25, 0.3) is 0 Å². The number of hydrogen-bond donors (Lipinski definition) is 0. The summed E-state index contributed by atoms with van der Waals surface area (Å²) in [6.07, 6.45) is 4.36. The molecule has 0 aliphatic heterocycles. The number of aromatic nitrogens is 4. The van der Waals surface area contributed by atoms with Gasteiger partial charge in [0.05, 0.1) is 19.0 Å². The molecule has 2 aromatic heterocycles. The first-order valence-electron chi connectivity index (χ1n) is 5.93. The van der Waals surface area contributed by atoms with Crippen molar-refractivity contribution in [1.29, 1.82) is 0 Å². The Hall–Kier alpha value is -1.96. The molecule has 0 N–H and O–H groups in total. The normalized spacial score (nSPS) is 10.4. The Morgan fingerprint density at radius 2 is 2.26 bits per heavy atom. The van der Waals surface area contributed by atoms with Crippen LogP contribution in [0.15, 0.2) is 12.4 Å². The highest BCUT2D eigenvalue weighted by molar-refractivity contribution is 7.14. The van der Waals surface area contributed by atoms with Gasteiger partial charge >= 0.3 is 5.97 Å². The minimum Gasteiger partial charge on any atom is -0.461 e. The van der Waals surface area contributed by atoms with Crippen LogP contribution in [0, 0.1) is 0 Å². The van der Waals surface area contributed by atoms with Crippen LogP contribution in [-0.4, -0.2) is 32.6 Å². The maximum absolute atomic E-state index is 11.4. The third-order valence-corrected chi connectivity index (χ3v) is 2.91. The van der Waals surface area contributed by atoms with Crippen LogP contribution in [0.2, 0.25) is 0 Å². The zero-order valence-electron chi connectivity index (χ0n) is 10.7. The zero-order valence-corrected chi connectivity index (χ0v) is 11.5. The first kappa shape index (κ1) is 13.5. The number of nitrogens with zero attached hydrogens (tertiary/aromatic N) is 4. The average molecular weight is 282 g/mol. The smallest absolute Gasteiger partial charge is 0.369 e. The van der Waals surface area contributed by atoms with Crippen LogP contribution in [0.1, 0.15) is 30.1 Å². The molecule has 2 heterocycles. The number of carbonyl (C=O) groups is 1. The summed E-state index contributed by atoms with van der Waals surface area (Å²) in [4.78, 5) is 11.4. The van der Waals surface area contributed by atoms with E-state index in [-0.39, 0.29) is 5.01 Å². The van der Waals surface area contributed by atoms with E-state index in [4.69, 9.17) is 9.47 Å². The molecule has 0 saturated carbocycles. The SMILES string of the molecule is CCCn1cc(Oc2nnc(C(=O)OCC)s2)cn1. The summed E-state index contributed by atoms with van der Waals surface area (Å²) in [5, 5.41) is 12.1. The highest BCUT2D eigenvalue weighted by Gasteiger charge is 2.15. The highest BCUT2D eigenvalue weighted by Crippen LogP contribution is 2.24. The maximum Gasteiger partial charge on any atom is 0.369 e. The maximum atomic E-state index is 11.4. The summed E-state index contributed by atoms with van der Waals surface area (Å²) in [5.74, 6) is 0.0801. The number of esters is 1. The van der Waals surface area contributed by atoms with Crippen LogP contribution in [0.4, 0.5) is 0 Å². The van der Waals surface area contributed by atoms with Gasteiger partial charge in [0.2, 0.25) is 5.01 Å². The van der Waals surface area contributed by atoms with Crippen LogP contribution in [0.3, 0.4) is 0 Å². The first-order chi connectivity index (χ1) is 9.22. The van der Waals surface area contributed by atoms with Gasteiger partial charge in [-0.1, -0.05) is 12.0 Å². The molecule has 102 valence electrons. The summed E-state index contributed by atoms with van der Waals surface area (Å²) in [7, 11) is 0. The van der Waals surface area contributed by atoms with Gasteiger partial charge in [-0.05, 0) is 24.7 Å². The van der Waals surface area contributed by atoms with Gasteiger partial charge in [0.1, 0.15) is 0 Å². The van der Waals surface area contributed by atoms with Gasteiger partial charge in [0.15, 0.2) is 5.75 Å². The van der Waals surface area contributed by atoms with Gasteiger partial charge in [-0.25, -0.2) is 4.79 Å². The van der Waals surface area contributed by atoms with Gasteiger partial charge in [-0.15, -0.1) is 5.10 Å². The Bertz CT molecular complexity index is 552. The van der Waals surface area contributed by atoms with Gasteiger partial charge < -0.3 is 9.47 Å². The minimum absolute atomic E-state index is 0.179. The fourth-order valence-corrected chi connectivity index (χ4v) is 1.98. The molecule has 0 bridgehead atoms. The van der Waals surface area contributed by atoms with E-state index in [0.717, 1.165) is 24.3 Å². The third-order valence-electron chi connectivity index (χ3n) is 2.12. The average Bonchev–Trinajstić information content (AvgIpc) is 3.00. The van der Waals surface area contributed by atoms with E-state index in [2.05, 4.69) is 22.2 Å². The lowest BCUT2D eigenvalue weighted by Gasteiger charge is -1.96. The van der Waals surface area contributed by atoms with Crippen molar-refractivity contribution in [1.82, 2.24) is 20.0 Å². The van der Waals surface area contributed by atoms with Gasteiger partial charge in [0, 0.05) is 6.54 Å². The molecule has 0 aliphatic rings. The number of rotatable bonds is 6. The molecular formula is C11H14N4O3S. The van der Waals surface area contributed by atoms with Gasteiger partial charge in [-0.2, -0.15) is 5.10 Å². The quantitative estimate of drug-likeness (QED) is 0.755. The molecule has 0 radical (unpaired) electrons. The van der Waals surface area contributed by atoms with Crippen LogP contribution >= 0.6 is 11.3 Å². The van der Waals surface area contributed by atoms with Crippen molar-refractivity contribution < 1.29 is 14.3 Å². The van der Waals surface area contributed by atoms with Crippen molar-refractivity contribution in [2.24, 2.45) is 0 Å². The predicted molar refractivity (Wildman–Crippen MR) is 68.5 cm³/mol. The van der Waals surface area contributed by atoms with Gasteiger partial charge in [0.25, 0.3) is 5.19 Å². The number of ether oxygens (including phenoxy) is 2. The molecule has 0 unspecified atom stereocenters. The Morgan fingerprint density at radius 3 is 3.00 bits per heavy atom. The molecule has 0 atom stereocenters. The van der Waals surface area contributed by atoms with E-state index in [1.165, 1.54) is 0 Å². The topological polar surface area (TPSA) is 79.1 Å². The fraction of sp³-hybridized carbons (Fsp3) is 0.455. The molecule has 2 rings (SSSR count). The monoisotopic (exact) mass is 282 g/mol. The lowest BCUT2D eigenvalue weighted by molar-refractivity contribution is 0.0525. The van der Waals surface area contributed by atoms with Crippen molar-refractivity contribution >= 4 is 17.3 Å². The Kier molecular flexibility index (Phi) is 4.45. The minimum atomic E-state index is -0.489. The summed E-state index contributed by atoms with van der Waals surface area (Å²) in [6, 6.07) is 0. The van der Waals surface area contributed by atoms with Crippen molar-refractivity contribution in [2.45, 2.75) is 26.8 Å². The molecule has 0 fully saturated rings. The summed E-state index contributed by atoms with van der Waals surface area (Å²) in [6.45, 7) is 4.93. The second kappa shape index (κ2) is 6.28. The lowest BCUT2D eigenvalue weighted by atomic mass is 10.5. The summed E-state index contributed by atoms with van der Waals surface area (Å²) in [5.41, 5.74) is 0. The molecular weight excluding hydrogens is 268 g/mol. The summed E-state index contributed by atoms with van der Waals surface area (Å²) < 4.78 is 12.1. The Balaban J connectivity index is 2.00. The van der Waals surface area contributed by atoms with Crippen molar-refractivity contribution in [2.75, 3.05) is 6.61 Å². The van der Waals surface area contributed by atoms with E-state index in [1.807, 2.05) is 0 Å². The van der Waals surface area contributed by atoms with E-state index in [1.54, 1.807) is 24.0 Å². The lowest BCUT2D eigenvalue weighted by Crippen LogP contribution is -2.03. The predicted octanol–water partition coefficient (Wildman–Crippen LogP) is 2.11. The van der Waals surface area contributed by atoms with E-state index >= 15 is 0 Å². The second-order valence-corrected chi connectivity index (χ2v) is 4.57. The Morgan fingerprint density at radius 1 is 1.42 bits per heavy atom. The molecule has 2 aromatic rings. The highest BCUT2D eigenvalue weighted by atomic mass is 32.1. The zero-order chi connectivity index (χ0) is 13.7. The van der Waals surface area contributed by atoms with Crippen molar-refractivity contribution in [3.05, 3.63) is 17.4 Å². The van der Waals surface area contributed by atoms with Crippen LogP contribution in [0.5, 0.6) is 10.9 Å². The standard InChI is InChI=1S/C11H14N4O3S/c1-3-5-15-7-8(6-12-15)18-11-14-13-9(19-11)10(16)17-4-2/h6-7H,3-5H2,1-2H3. The van der Waals surface area contributed by atoms with E-state index < -0.39 is 5.97 Å². The molecule has 0 aliphatic carbocycles. The third kappa shape index (κ3) is 3.50. The second-order valence-electron chi connectivity index (χ2n) is 3.63. The van der Waals surface area contributed by atoms with Crippen molar-refractivity contribution in [3.63, 3.8) is 0 Å². The van der Waals surface area contributed by atoms with Gasteiger partial charge in [-0.3, -0.25) is 4.68 Å². The molecule has 0 spiro atoms. The molecule has 0 saturated heterocycles. The van der Waals surface area contributed by atoms with Crippen LogP contribution in [-0.2, 0) is 11.3 Å². The van der Waals surface area contributed by atoms with Crippen molar-refractivity contribution in [3.8, 4) is 10.9 Å². The molecule has 8 heteroatoms. The molecule has 7 nitrogen and oxygen atoms in total. The van der Waals surface area contributed by atoms with E-state index in [0.29, 0.717) is 17.6 Å². The molecule has 0 aromatic carbocycles. The molecule has 0 amide bonds. The number of hydrogen-bond acceptors (Lipinski definition) is 7. The van der Waals surface area contributed by atoms with E-state index in [9.17, 15) is 4.79 Å². The summed E-state index contributed by atoms with van der Waals surface area (Å²) >= 11 is 1.04. The first-order valence-corrected chi connectivity index (χ1v) is 6.75. The molecule has 19 heavy (non-hydrogen) atoms. The largest absolute Gasteiger partial charge is 0.461 e. The Labute approximate surface area is 114 Å². The fourth-order valence-electron chi connectivity index (χ4n) is 1.38. The number of aryl methyl sites for hydroxylation is 1. The number of carbonyl (C=O) groups excluding carboxylic acids is 1. The van der Waals surface area contributed by atoms with Crippen LogP contribution < -0.4 is 4.74 Å².